The smallest absolute Gasteiger partial charge is 0.217 e. The molecule has 4 N–H and O–H groups in total. The molecule has 7 nitrogen and oxygen atoms in total. The van der Waals surface area contributed by atoms with Crippen molar-refractivity contribution in [3.05, 3.63) is 0 Å². The van der Waals surface area contributed by atoms with Gasteiger partial charge in [0.05, 0.1) is 6.61 Å². The van der Waals surface area contributed by atoms with Gasteiger partial charge in [-0.15, -0.1) is 0 Å². The first-order valence-electron chi connectivity index (χ1n) is 8.52. The van der Waals surface area contributed by atoms with E-state index in [4.69, 9.17) is 9.47 Å². The highest BCUT2D eigenvalue weighted by Crippen LogP contribution is 2.22. The van der Waals surface area contributed by atoms with E-state index >= 15 is 0 Å². The van der Waals surface area contributed by atoms with Gasteiger partial charge >= 0.3 is 0 Å². The van der Waals surface area contributed by atoms with Crippen LogP contribution in [0.3, 0.4) is 0 Å². The number of carbonyl (C=O) groups is 1. The molecule has 0 aliphatic carbocycles. The number of aliphatic hydroxyl groups is 3. The second-order valence-corrected chi connectivity index (χ2v) is 6.07. The lowest BCUT2D eigenvalue weighted by molar-refractivity contribution is -0.270. The zero-order valence-electron chi connectivity index (χ0n) is 14.1. The van der Waals surface area contributed by atoms with Crippen molar-refractivity contribution in [2.24, 2.45) is 0 Å². The highest BCUT2D eigenvalue weighted by atomic mass is 16.7. The highest BCUT2D eigenvalue weighted by molar-refractivity contribution is 5.73. The molecule has 1 rings (SSSR count). The summed E-state index contributed by atoms with van der Waals surface area (Å²) >= 11 is 0. The fourth-order valence-corrected chi connectivity index (χ4v) is 2.69. The first kappa shape index (κ1) is 20.3. The average molecular weight is 333 g/mol. The third-order valence-corrected chi connectivity index (χ3v) is 4.03. The maximum Gasteiger partial charge on any atom is 0.217 e. The van der Waals surface area contributed by atoms with Crippen molar-refractivity contribution >= 4 is 5.91 Å². The number of aliphatic hydroxyl groups excluding tert-OH is 3. The lowest BCUT2D eigenvalue weighted by Gasteiger charge is -2.42. The van der Waals surface area contributed by atoms with E-state index in [0.29, 0.717) is 6.61 Å². The largest absolute Gasteiger partial charge is 0.394 e. The molecular formula is C16H31NO6. The van der Waals surface area contributed by atoms with E-state index in [1.165, 1.54) is 26.2 Å². The fourth-order valence-electron chi connectivity index (χ4n) is 2.69. The number of hydrogen-bond donors (Lipinski definition) is 4. The number of nitrogens with one attached hydrogen (secondary N) is 1. The molecule has 1 saturated heterocycles. The Bertz CT molecular complexity index is 341. The van der Waals surface area contributed by atoms with Crippen molar-refractivity contribution in [1.29, 1.82) is 0 Å². The molecule has 5 atom stereocenters. The lowest BCUT2D eigenvalue weighted by Crippen LogP contribution is -2.64. The van der Waals surface area contributed by atoms with Gasteiger partial charge in [-0.3, -0.25) is 4.79 Å². The third-order valence-electron chi connectivity index (χ3n) is 4.03. The summed E-state index contributed by atoms with van der Waals surface area (Å²) in [5.41, 5.74) is 0. The molecule has 136 valence electrons. The number of amides is 1. The second kappa shape index (κ2) is 10.9. The Labute approximate surface area is 138 Å². The van der Waals surface area contributed by atoms with Gasteiger partial charge in [0.15, 0.2) is 6.29 Å². The number of hydrogen-bond acceptors (Lipinski definition) is 6. The van der Waals surface area contributed by atoms with Crippen LogP contribution < -0.4 is 5.32 Å². The van der Waals surface area contributed by atoms with Gasteiger partial charge in [0.1, 0.15) is 24.4 Å². The van der Waals surface area contributed by atoms with Gasteiger partial charge in [0, 0.05) is 13.5 Å². The van der Waals surface area contributed by atoms with Crippen LogP contribution >= 0.6 is 0 Å². The molecule has 1 heterocycles. The Morgan fingerprint density at radius 3 is 2.39 bits per heavy atom. The van der Waals surface area contributed by atoms with Crippen LogP contribution in [0.5, 0.6) is 0 Å². The van der Waals surface area contributed by atoms with E-state index < -0.39 is 37.3 Å². The zero-order chi connectivity index (χ0) is 17.2. The SMILES string of the molecule is CCCCCCCCO[C@@H]1O[C@@H](CO)[C@@H](O)[C@H](O)[C@H]1NC(C)=O. The predicted molar refractivity (Wildman–Crippen MR) is 84.7 cm³/mol. The summed E-state index contributed by atoms with van der Waals surface area (Å²) in [6.45, 7) is 3.50. The number of unbranched alkanes of at least 4 members (excludes halogenated alkanes) is 5. The first-order chi connectivity index (χ1) is 11.0. The summed E-state index contributed by atoms with van der Waals surface area (Å²) < 4.78 is 11.1. The summed E-state index contributed by atoms with van der Waals surface area (Å²) in [7, 11) is 0. The maximum atomic E-state index is 11.3. The Hall–Kier alpha value is -0.730. The summed E-state index contributed by atoms with van der Waals surface area (Å²) in [4.78, 5) is 11.3. The summed E-state index contributed by atoms with van der Waals surface area (Å²) in [6.07, 6.45) is 2.37. The fraction of sp³-hybridized carbons (Fsp3) is 0.938. The van der Waals surface area contributed by atoms with Gasteiger partial charge in [-0.1, -0.05) is 39.0 Å². The topological polar surface area (TPSA) is 108 Å². The lowest BCUT2D eigenvalue weighted by atomic mass is 9.97. The van der Waals surface area contributed by atoms with Crippen LogP contribution in [-0.4, -0.2) is 65.1 Å². The van der Waals surface area contributed by atoms with Crippen molar-refractivity contribution in [3.8, 4) is 0 Å². The van der Waals surface area contributed by atoms with E-state index in [1.54, 1.807) is 0 Å². The van der Waals surface area contributed by atoms with E-state index in [0.717, 1.165) is 19.3 Å². The average Bonchev–Trinajstić information content (AvgIpc) is 2.52. The van der Waals surface area contributed by atoms with Gasteiger partial charge in [0.25, 0.3) is 0 Å². The molecule has 0 aromatic rings. The molecule has 1 amide bonds. The molecule has 0 aromatic heterocycles. The van der Waals surface area contributed by atoms with Crippen molar-refractivity contribution < 1.29 is 29.6 Å². The maximum absolute atomic E-state index is 11.3. The zero-order valence-corrected chi connectivity index (χ0v) is 14.1. The molecule has 1 aliphatic heterocycles. The molecule has 7 heteroatoms. The minimum Gasteiger partial charge on any atom is -0.394 e. The molecule has 1 aliphatic rings. The normalized spacial score (nSPS) is 31.1. The molecule has 0 spiro atoms. The second-order valence-electron chi connectivity index (χ2n) is 6.07. The quantitative estimate of drug-likeness (QED) is 0.429. The molecule has 0 bridgehead atoms. The Morgan fingerprint density at radius 2 is 1.78 bits per heavy atom. The molecule has 1 fully saturated rings. The van der Waals surface area contributed by atoms with Gasteiger partial charge in [-0.2, -0.15) is 0 Å². The van der Waals surface area contributed by atoms with Crippen LogP contribution in [0.15, 0.2) is 0 Å². The van der Waals surface area contributed by atoms with Crippen molar-refractivity contribution in [1.82, 2.24) is 5.32 Å². The minimum atomic E-state index is -1.27. The highest BCUT2D eigenvalue weighted by Gasteiger charge is 2.45. The molecule has 0 saturated carbocycles. The summed E-state index contributed by atoms with van der Waals surface area (Å²) in [5.74, 6) is -0.347. The number of carbonyl (C=O) groups excluding carboxylic acids is 1. The standard InChI is InChI=1S/C16H31NO6/c1-3-4-5-6-7-8-9-22-16-13(17-11(2)19)15(21)14(20)12(10-18)23-16/h12-16,18,20-21H,3-10H2,1-2H3,(H,17,19)/t12-,13+,14+,15+,16+/m0/s1. The molecule has 0 aromatic carbocycles. The Balaban J connectivity index is 2.45. The van der Waals surface area contributed by atoms with Gasteiger partial charge in [-0.05, 0) is 6.42 Å². The third kappa shape index (κ3) is 6.73. The Kier molecular flexibility index (Phi) is 9.66. The van der Waals surface area contributed by atoms with Crippen LogP contribution in [0.2, 0.25) is 0 Å². The molecule has 0 unspecified atom stereocenters. The van der Waals surface area contributed by atoms with E-state index in [2.05, 4.69) is 12.2 Å². The van der Waals surface area contributed by atoms with Gasteiger partial charge < -0.3 is 30.1 Å². The van der Waals surface area contributed by atoms with Crippen LogP contribution in [0.1, 0.15) is 52.4 Å². The van der Waals surface area contributed by atoms with E-state index in [1.807, 2.05) is 0 Å². The molecule has 0 radical (unpaired) electrons. The molecule has 23 heavy (non-hydrogen) atoms. The van der Waals surface area contributed by atoms with Crippen molar-refractivity contribution in [2.75, 3.05) is 13.2 Å². The van der Waals surface area contributed by atoms with Crippen LogP contribution in [0.4, 0.5) is 0 Å². The summed E-state index contributed by atoms with van der Waals surface area (Å²) in [6, 6.07) is -0.856. The van der Waals surface area contributed by atoms with Crippen molar-refractivity contribution in [2.45, 2.75) is 83.0 Å². The predicted octanol–water partition coefficient (Wildman–Crippen LogP) is 0.307. The molecular weight excluding hydrogens is 302 g/mol. The van der Waals surface area contributed by atoms with Gasteiger partial charge in [-0.25, -0.2) is 0 Å². The van der Waals surface area contributed by atoms with E-state index in [9.17, 15) is 20.1 Å². The summed E-state index contributed by atoms with van der Waals surface area (Å²) in [5, 5.41) is 31.8. The number of rotatable bonds is 10. The van der Waals surface area contributed by atoms with Gasteiger partial charge in [0.2, 0.25) is 5.91 Å². The number of ether oxygens (including phenoxy) is 2. The van der Waals surface area contributed by atoms with Crippen molar-refractivity contribution in [3.63, 3.8) is 0 Å². The van der Waals surface area contributed by atoms with Crippen LogP contribution in [0.25, 0.3) is 0 Å². The van der Waals surface area contributed by atoms with E-state index in [-0.39, 0.29) is 5.91 Å². The Morgan fingerprint density at radius 1 is 1.13 bits per heavy atom. The minimum absolute atomic E-state index is 0.347. The first-order valence-corrected chi connectivity index (χ1v) is 8.52. The van der Waals surface area contributed by atoms with Crippen LogP contribution in [0, 0.1) is 0 Å². The monoisotopic (exact) mass is 333 g/mol. The van der Waals surface area contributed by atoms with Crippen LogP contribution in [-0.2, 0) is 14.3 Å².